The summed E-state index contributed by atoms with van der Waals surface area (Å²) in [5, 5.41) is 6.22. The van der Waals surface area contributed by atoms with E-state index in [0.29, 0.717) is 19.5 Å². The van der Waals surface area contributed by atoms with Crippen molar-refractivity contribution in [2.75, 3.05) is 36.4 Å². The van der Waals surface area contributed by atoms with Gasteiger partial charge < -0.3 is 15.5 Å². The van der Waals surface area contributed by atoms with Gasteiger partial charge in [-0.15, -0.1) is 0 Å². The van der Waals surface area contributed by atoms with Gasteiger partial charge in [0, 0.05) is 44.6 Å². The number of carbonyl (C=O) groups is 1. The average Bonchev–Trinajstić information content (AvgIpc) is 2.69. The summed E-state index contributed by atoms with van der Waals surface area (Å²) in [4.78, 5) is 22.9. The Bertz CT molecular complexity index is 489. The molecule has 0 unspecified atom stereocenters. The van der Waals surface area contributed by atoms with Crippen LogP contribution in [-0.4, -0.2) is 42.1 Å². The van der Waals surface area contributed by atoms with Gasteiger partial charge in [0.05, 0.1) is 0 Å². The molecule has 1 aromatic heterocycles. The largest absolute Gasteiger partial charge is 0.370 e. The number of nitrogens with one attached hydrogen (secondary N) is 2. The van der Waals surface area contributed by atoms with Gasteiger partial charge in [0.1, 0.15) is 17.5 Å². The van der Waals surface area contributed by atoms with E-state index in [1.807, 2.05) is 6.07 Å². The quantitative estimate of drug-likeness (QED) is 0.865. The van der Waals surface area contributed by atoms with Crippen molar-refractivity contribution in [3.63, 3.8) is 0 Å². The molecule has 6 heteroatoms. The second kappa shape index (κ2) is 7.24. The molecular formula is C15H25N5O. The van der Waals surface area contributed by atoms with Crippen molar-refractivity contribution in [1.82, 2.24) is 15.3 Å². The van der Waals surface area contributed by atoms with Gasteiger partial charge in [-0.25, -0.2) is 9.97 Å². The van der Waals surface area contributed by atoms with E-state index in [2.05, 4.69) is 46.3 Å². The molecule has 0 spiro atoms. The molecule has 0 aliphatic carbocycles. The summed E-state index contributed by atoms with van der Waals surface area (Å²) in [5.74, 6) is 3.01. The molecule has 1 saturated heterocycles. The monoisotopic (exact) mass is 291 g/mol. The fraction of sp³-hybridized carbons (Fsp3) is 0.667. The molecule has 0 saturated carbocycles. The maximum Gasteiger partial charge on any atom is 0.221 e. The maximum absolute atomic E-state index is 11.5. The smallest absolute Gasteiger partial charge is 0.221 e. The number of amides is 1. The van der Waals surface area contributed by atoms with Gasteiger partial charge in [-0.05, 0) is 6.42 Å². The van der Waals surface area contributed by atoms with Crippen molar-refractivity contribution >= 4 is 17.5 Å². The van der Waals surface area contributed by atoms with Crippen molar-refractivity contribution in [3.8, 4) is 0 Å². The van der Waals surface area contributed by atoms with Crippen LogP contribution in [0.4, 0.5) is 11.6 Å². The molecule has 1 amide bonds. The lowest BCUT2D eigenvalue weighted by Gasteiger charge is -2.22. The third-order valence-electron chi connectivity index (χ3n) is 3.44. The van der Waals surface area contributed by atoms with Crippen LogP contribution in [-0.2, 0) is 4.79 Å². The van der Waals surface area contributed by atoms with Crippen LogP contribution in [0.5, 0.6) is 0 Å². The summed E-state index contributed by atoms with van der Waals surface area (Å²) in [5.41, 5.74) is 0. The number of hydrogen-bond donors (Lipinski definition) is 2. The number of carbonyl (C=O) groups excluding carboxylic acids is 1. The van der Waals surface area contributed by atoms with Crippen LogP contribution in [0, 0.1) is 0 Å². The van der Waals surface area contributed by atoms with Gasteiger partial charge in [0.15, 0.2) is 0 Å². The Kier molecular flexibility index (Phi) is 5.36. The third kappa shape index (κ3) is 4.31. The number of nitrogens with zero attached hydrogens (tertiary/aromatic N) is 3. The minimum Gasteiger partial charge on any atom is -0.370 e. The lowest BCUT2D eigenvalue weighted by molar-refractivity contribution is -0.120. The second-order valence-electron chi connectivity index (χ2n) is 5.64. The van der Waals surface area contributed by atoms with Gasteiger partial charge in [-0.1, -0.05) is 20.8 Å². The Morgan fingerprint density at radius 2 is 2.19 bits per heavy atom. The molecule has 1 fully saturated rings. The molecule has 6 nitrogen and oxygen atoms in total. The number of aromatic nitrogens is 2. The molecular weight excluding hydrogens is 266 g/mol. The first kappa shape index (κ1) is 15.5. The third-order valence-corrected chi connectivity index (χ3v) is 3.44. The molecule has 0 bridgehead atoms. The number of rotatable bonds is 5. The van der Waals surface area contributed by atoms with Crippen LogP contribution >= 0.6 is 0 Å². The first-order valence-electron chi connectivity index (χ1n) is 7.74. The van der Waals surface area contributed by atoms with Crippen LogP contribution in [0.1, 0.15) is 45.4 Å². The summed E-state index contributed by atoms with van der Waals surface area (Å²) in [7, 11) is 0. The summed E-state index contributed by atoms with van der Waals surface area (Å²) in [6, 6.07) is 1.98. The second-order valence-corrected chi connectivity index (χ2v) is 5.64. The zero-order chi connectivity index (χ0) is 15.2. The number of anilines is 2. The predicted octanol–water partition coefficient (Wildman–Crippen LogP) is 1.75. The fourth-order valence-electron chi connectivity index (χ4n) is 2.21. The van der Waals surface area contributed by atoms with Gasteiger partial charge in [-0.3, -0.25) is 4.79 Å². The molecule has 0 radical (unpaired) electrons. The van der Waals surface area contributed by atoms with Gasteiger partial charge in [0.25, 0.3) is 0 Å². The van der Waals surface area contributed by atoms with Crippen molar-refractivity contribution < 1.29 is 4.79 Å². The Labute approximate surface area is 126 Å². The average molecular weight is 291 g/mol. The van der Waals surface area contributed by atoms with E-state index >= 15 is 0 Å². The summed E-state index contributed by atoms with van der Waals surface area (Å²) < 4.78 is 0. The van der Waals surface area contributed by atoms with Crippen molar-refractivity contribution in [3.05, 3.63) is 11.9 Å². The van der Waals surface area contributed by atoms with E-state index < -0.39 is 0 Å². The van der Waals surface area contributed by atoms with Crippen LogP contribution in [0.2, 0.25) is 0 Å². The van der Waals surface area contributed by atoms with E-state index in [1.54, 1.807) is 0 Å². The summed E-state index contributed by atoms with van der Waals surface area (Å²) >= 11 is 0. The van der Waals surface area contributed by atoms with E-state index in [1.165, 1.54) is 0 Å². The molecule has 2 rings (SSSR count). The molecule has 21 heavy (non-hydrogen) atoms. The van der Waals surface area contributed by atoms with Crippen molar-refractivity contribution in [2.24, 2.45) is 0 Å². The first-order chi connectivity index (χ1) is 10.1. The van der Waals surface area contributed by atoms with E-state index in [9.17, 15) is 4.79 Å². The minimum atomic E-state index is 0.111. The highest BCUT2D eigenvalue weighted by Gasteiger charge is 2.17. The summed E-state index contributed by atoms with van der Waals surface area (Å²) in [6.07, 6.45) is 1.57. The Balaban J connectivity index is 2.23. The molecule has 0 aromatic carbocycles. The van der Waals surface area contributed by atoms with Crippen LogP contribution in [0.3, 0.4) is 0 Å². The topological polar surface area (TPSA) is 70.2 Å². The van der Waals surface area contributed by atoms with Crippen molar-refractivity contribution in [2.45, 2.75) is 39.5 Å². The van der Waals surface area contributed by atoms with E-state index in [4.69, 9.17) is 0 Å². The van der Waals surface area contributed by atoms with Gasteiger partial charge >= 0.3 is 0 Å². The predicted molar refractivity (Wildman–Crippen MR) is 84.7 cm³/mol. The van der Waals surface area contributed by atoms with Crippen molar-refractivity contribution in [1.29, 1.82) is 0 Å². The van der Waals surface area contributed by atoms with Gasteiger partial charge in [-0.2, -0.15) is 0 Å². The zero-order valence-electron chi connectivity index (χ0n) is 13.1. The molecule has 2 heterocycles. The van der Waals surface area contributed by atoms with Crippen LogP contribution in [0.15, 0.2) is 6.07 Å². The minimum absolute atomic E-state index is 0.111. The fourth-order valence-corrected chi connectivity index (χ4v) is 2.21. The SMILES string of the molecule is CCCNc1cc(N2CCNC(=O)CC2)nc(C(C)C)n1. The number of hydrogen-bond acceptors (Lipinski definition) is 5. The highest BCUT2D eigenvalue weighted by atomic mass is 16.1. The Hall–Kier alpha value is -1.85. The first-order valence-corrected chi connectivity index (χ1v) is 7.74. The molecule has 1 aromatic rings. The molecule has 116 valence electrons. The molecule has 1 aliphatic heterocycles. The standard InChI is InChI=1S/C15H25N5O/c1-4-6-16-12-10-13(19-15(18-12)11(2)3)20-8-5-14(21)17-7-9-20/h10-11H,4-9H2,1-3H3,(H,17,21)(H,16,18,19). The highest BCUT2D eigenvalue weighted by molar-refractivity contribution is 5.77. The summed E-state index contributed by atoms with van der Waals surface area (Å²) in [6.45, 7) is 9.36. The molecule has 2 N–H and O–H groups in total. The highest BCUT2D eigenvalue weighted by Crippen LogP contribution is 2.20. The zero-order valence-corrected chi connectivity index (χ0v) is 13.1. The van der Waals surface area contributed by atoms with E-state index in [0.717, 1.165) is 37.0 Å². The Morgan fingerprint density at radius 1 is 1.38 bits per heavy atom. The maximum atomic E-state index is 11.5. The molecule has 1 aliphatic rings. The lowest BCUT2D eigenvalue weighted by atomic mass is 10.2. The Morgan fingerprint density at radius 3 is 2.90 bits per heavy atom. The normalized spacial score (nSPS) is 15.8. The van der Waals surface area contributed by atoms with Crippen LogP contribution < -0.4 is 15.5 Å². The van der Waals surface area contributed by atoms with E-state index in [-0.39, 0.29) is 11.8 Å². The lowest BCUT2D eigenvalue weighted by Crippen LogP contribution is -2.29. The van der Waals surface area contributed by atoms with Crippen LogP contribution in [0.25, 0.3) is 0 Å². The van der Waals surface area contributed by atoms with Gasteiger partial charge in [0.2, 0.25) is 5.91 Å². The molecule has 0 atom stereocenters.